The van der Waals surface area contributed by atoms with Crippen LogP contribution in [0.3, 0.4) is 0 Å². The van der Waals surface area contributed by atoms with Crippen LogP contribution >= 0.6 is 0 Å². The Morgan fingerprint density at radius 3 is 2.85 bits per heavy atom. The molecule has 1 atom stereocenters. The van der Waals surface area contributed by atoms with Crippen molar-refractivity contribution < 1.29 is 5.11 Å². The van der Waals surface area contributed by atoms with Crippen molar-refractivity contribution in [2.45, 2.75) is 12.5 Å². The van der Waals surface area contributed by atoms with Crippen molar-refractivity contribution in [3.05, 3.63) is 0 Å². The summed E-state index contributed by atoms with van der Waals surface area (Å²) in [6, 6.07) is 0.310. The van der Waals surface area contributed by atoms with Crippen molar-refractivity contribution in [2.75, 3.05) is 46.4 Å². The molecule has 0 aliphatic carbocycles. The third kappa shape index (κ3) is 3.23. The normalized spacial score (nSPS) is 26.5. The lowest BCUT2D eigenvalue weighted by Crippen LogP contribution is -2.53. The molecular formula is C9H21N3O. The van der Waals surface area contributed by atoms with Crippen LogP contribution in [0.15, 0.2) is 0 Å². The lowest BCUT2D eigenvalue weighted by molar-refractivity contribution is 0.0509. The first-order chi connectivity index (χ1) is 6.27. The summed E-state index contributed by atoms with van der Waals surface area (Å²) >= 11 is 0. The first-order valence-corrected chi connectivity index (χ1v) is 5.01. The molecule has 13 heavy (non-hydrogen) atoms. The highest BCUT2D eigenvalue weighted by Gasteiger charge is 2.23. The van der Waals surface area contributed by atoms with Crippen LogP contribution < -0.4 is 5.73 Å². The lowest BCUT2D eigenvalue weighted by Gasteiger charge is -2.39. The predicted molar refractivity (Wildman–Crippen MR) is 53.6 cm³/mol. The Hall–Kier alpha value is -0.160. The van der Waals surface area contributed by atoms with Crippen LogP contribution in [0.1, 0.15) is 6.42 Å². The summed E-state index contributed by atoms with van der Waals surface area (Å²) in [5.41, 5.74) is 5.46. The zero-order chi connectivity index (χ0) is 9.68. The summed E-state index contributed by atoms with van der Waals surface area (Å²) < 4.78 is 0. The van der Waals surface area contributed by atoms with Crippen LogP contribution in [-0.4, -0.2) is 67.3 Å². The van der Waals surface area contributed by atoms with E-state index in [0.29, 0.717) is 6.04 Å². The Morgan fingerprint density at radius 2 is 2.23 bits per heavy atom. The van der Waals surface area contributed by atoms with E-state index in [1.807, 2.05) is 0 Å². The van der Waals surface area contributed by atoms with E-state index in [-0.39, 0.29) is 6.61 Å². The standard InChI is InChI=1S/C9H21N3O/c1-11-5-6-12(4-2-3-10)9(7-11)8-13/h9,13H,2-8,10H2,1H3. The lowest BCUT2D eigenvalue weighted by atomic mass is 10.2. The van der Waals surface area contributed by atoms with Crippen molar-refractivity contribution in [1.29, 1.82) is 0 Å². The molecule has 0 aromatic rings. The largest absolute Gasteiger partial charge is 0.395 e. The van der Waals surface area contributed by atoms with Gasteiger partial charge in [0.15, 0.2) is 0 Å². The summed E-state index contributed by atoms with van der Waals surface area (Å²) in [4.78, 5) is 4.60. The molecule has 1 saturated heterocycles. The molecule has 0 spiro atoms. The molecular weight excluding hydrogens is 166 g/mol. The van der Waals surface area contributed by atoms with Gasteiger partial charge in [-0.3, -0.25) is 4.90 Å². The van der Waals surface area contributed by atoms with Crippen LogP contribution in [-0.2, 0) is 0 Å². The molecule has 0 aromatic heterocycles. The van der Waals surface area contributed by atoms with Crippen LogP contribution in [0.2, 0.25) is 0 Å². The number of aliphatic hydroxyl groups excluding tert-OH is 1. The maximum Gasteiger partial charge on any atom is 0.0599 e. The Kier molecular flexibility index (Phi) is 4.66. The molecule has 0 aromatic carbocycles. The zero-order valence-electron chi connectivity index (χ0n) is 8.45. The Balaban J connectivity index is 2.33. The van der Waals surface area contributed by atoms with E-state index in [1.165, 1.54) is 0 Å². The van der Waals surface area contributed by atoms with Gasteiger partial charge in [0.2, 0.25) is 0 Å². The van der Waals surface area contributed by atoms with Crippen molar-refractivity contribution in [2.24, 2.45) is 5.73 Å². The van der Waals surface area contributed by atoms with E-state index < -0.39 is 0 Å². The molecule has 4 heteroatoms. The average Bonchev–Trinajstić information content (AvgIpc) is 2.16. The van der Waals surface area contributed by atoms with Gasteiger partial charge in [-0.25, -0.2) is 0 Å². The quantitative estimate of drug-likeness (QED) is 0.589. The van der Waals surface area contributed by atoms with Gasteiger partial charge < -0.3 is 15.7 Å². The molecule has 1 unspecified atom stereocenters. The number of aliphatic hydroxyl groups is 1. The van der Waals surface area contributed by atoms with E-state index in [9.17, 15) is 5.11 Å². The number of hydrogen-bond donors (Lipinski definition) is 2. The third-order valence-corrected chi connectivity index (χ3v) is 2.67. The van der Waals surface area contributed by atoms with Gasteiger partial charge in [0, 0.05) is 25.7 Å². The summed E-state index contributed by atoms with van der Waals surface area (Å²) in [6.07, 6.45) is 1.03. The zero-order valence-corrected chi connectivity index (χ0v) is 8.45. The molecule has 1 heterocycles. The fourth-order valence-corrected chi connectivity index (χ4v) is 1.81. The molecule has 1 rings (SSSR count). The molecule has 3 N–H and O–H groups in total. The van der Waals surface area contributed by atoms with Gasteiger partial charge in [0.05, 0.1) is 6.61 Å². The van der Waals surface area contributed by atoms with Gasteiger partial charge >= 0.3 is 0 Å². The first-order valence-electron chi connectivity index (χ1n) is 5.01. The van der Waals surface area contributed by atoms with E-state index in [2.05, 4.69) is 16.8 Å². The highest BCUT2D eigenvalue weighted by Crippen LogP contribution is 2.07. The van der Waals surface area contributed by atoms with E-state index in [4.69, 9.17) is 5.73 Å². The number of nitrogens with two attached hydrogens (primary N) is 1. The number of piperazine rings is 1. The molecule has 0 bridgehead atoms. The van der Waals surface area contributed by atoms with Crippen molar-refractivity contribution >= 4 is 0 Å². The molecule has 0 amide bonds. The van der Waals surface area contributed by atoms with Gasteiger partial charge in [-0.1, -0.05) is 0 Å². The Morgan fingerprint density at radius 1 is 1.46 bits per heavy atom. The molecule has 0 radical (unpaired) electrons. The van der Waals surface area contributed by atoms with E-state index >= 15 is 0 Å². The van der Waals surface area contributed by atoms with E-state index in [0.717, 1.165) is 39.1 Å². The summed E-state index contributed by atoms with van der Waals surface area (Å²) in [7, 11) is 2.10. The molecule has 78 valence electrons. The summed E-state index contributed by atoms with van der Waals surface area (Å²) in [5, 5.41) is 9.18. The van der Waals surface area contributed by atoms with Crippen molar-refractivity contribution in [3.63, 3.8) is 0 Å². The van der Waals surface area contributed by atoms with Crippen LogP contribution in [0.25, 0.3) is 0 Å². The van der Waals surface area contributed by atoms with Crippen LogP contribution in [0.5, 0.6) is 0 Å². The summed E-state index contributed by atoms with van der Waals surface area (Å²) in [5.74, 6) is 0. The smallest absolute Gasteiger partial charge is 0.0599 e. The highest BCUT2D eigenvalue weighted by atomic mass is 16.3. The monoisotopic (exact) mass is 187 g/mol. The first kappa shape index (κ1) is 10.9. The molecule has 1 aliphatic rings. The molecule has 4 nitrogen and oxygen atoms in total. The third-order valence-electron chi connectivity index (χ3n) is 2.67. The summed E-state index contributed by atoms with van der Waals surface area (Å²) in [6.45, 7) is 5.15. The number of hydrogen-bond acceptors (Lipinski definition) is 4. The number of nitrogens with zero attached hydrogens (tertiary/aromatic N) is 2. The fourth-order valence-electron chi connectivity index (χ4n) is 1.81. The fraction of sp³-hybridized carbons (Fsp3) is 1.00. The van der Waals surface area contributed by atoms with E-state index in [1.54, 1.807) is 0 Å². The maximum atomic E-state index is 9.18. The van der Waals surface area contributed by atoms with Gasteiger partial charge in [-0.2, -0.15) is 0 Å². The van der Waals surface area contributed by atoms with Crippen LogP contribution in [0.4, 0.5) is 0 Å². The topological polar surface area (TPSA) is 52.7 Å². The van der Waals surface area contributed by atoms with Gasteiger partial charge in [0.25, 0.3) is 0 Å². The molecule has 0 saturated carbocycles. The Bertz CT molecular complexity index is 141. The Labute approximate surface area is 80.3 Å². The van der Waals surface area contributed by atoms with Crippen molar-refractivity contribution in [3.8, 4) is 0 Å². The SMILES string of the molecule is CN1CCN(CCCN)C(CO)C1. The molecule has 1 fully saturated rings. The maximum absolute atomic E-state index is 9.18. The highest BCUT2D eigenvalue weighted by molar-refractivity contribution is 4.79. The second-order valence-corrected chi connectivity index (χ2v) is 3.78. The minimum Gasteiger partial charge on any atom is -0.395 e. The second kappa shape index (κ2) is 5.54. The molecule has 1 aliphatic heterocycles. The van der Waals surface area contributed by atoms with Gasteiger partial charge in [0.1, 0.15) is 0 Å². The minimum atomic E-state index is 0.259. The number of rotatable bonds is 4. The second-order valence-electron chi connectivity index (χ2n) is 3.78. The van der Waals surface area contributed by atoms with Crippen LogP contribution in [0, 0.1) is 0 Å². The van der Waals surface area contributed by atoms with Crippen molar-refractivity contribution in [1.82, 2.24) is 9.80 Å². The minimum absolute atomic E-state index is 0.259. The van der Waals surface area contributed by atoms with Gasteiger partial charge in [-0.15, -0.1) is 0 Å². The average molecular weight is 187 g/mol. The van der Waals surface area contributed by atoms with Gasteiger partial charge in [-0.05, 0) is 26.6 Å². The predicted octanol–water partition coefficient (Wildman–Crippen LogP) is -1.06. The number of likely N-dealkylation sites (N-methyl/N-ethyl adjacent to an activating group) is 1.